The van der Waals surface area contributed by atoms with Gasteiger partial charge < -0.3 is 20.3 Å². The Kier molecular flexibility index (Phi) is 6.02. The van der Waals surface area contributed by atoms with Gasteiger partial charge in [-0.15, -0.1) is 12.4 Å². The number of amides is 1. The third kappa shape index (κ3) is 4.29. The van der Waals surface area contributed by atoms with Crippen LogP contribution in [0.5, 0.6) is 5.75 Å². The zero-order valence-corrected chi connectivity index (χ0v) is 15.1. The second kappa shape index (κ2) is 7.84. The van der Waals surface area contributed by atoms with Crippen molar-refractivity contribution in [2.45, 2.75) is 44.2 Å². The SMILES string of the molecule is COc1ccc(C(Cc2nc(C3(N)CCC3)no2)NC(C)=O)cc1.Cl. The molecule has 7 nitrogen and oxygen atoms in total. The van der Waals surface area contributed by atoms with Crippen molar-refractivity contribution in [2.24, 2.45) is 5.73 Å². The lowest BCUT2D eigenvalue weighted by molar-refractivity contribution is -0.119. The van der Waals surface area contributed by atoms with Gasteiger partial charge in [0, 0.05) is 6.92 Å². The number of hydrogen-bond donors (Lipinski definition) is 2. The summed E-state index contributed by atoms with van der Waals surface area (Å²) in [6.07, 6.45) is 3.24. The number of aromatic nitrogens is 2. The number of nitrogens with two attached hydrogens (primary N) is 1. The van der Waals surface area contributed by atoms with Gasteiger partial charge in [-0.1, -0.05) is 17.3 Å². The normalized spacial score (nSPS) is 16.3. The standard InChI is InChI=1S/C17H22N4O3.ClH/c1-11(22)19-14(12-4-6-13(23-2)7-5-12)10-15-20-16(21-24-15)17(18)8-3-9-17;/h4-7,14H,3,8-10,18H2,1-2H3,(H,19,22);1H. The molecule has 8 heteroatoms. The van der Waals surface area contributed by atoms with Crippen LogP contribution in [0, 0.1) is 0 Å². The average molecular weight is 367 g/mol. The maximum atomic E-state index is 11.5. The van der Waals surface area contributed by atoms with Gasteiger partial charge in [0.05, 0.1) is 25.1 Å². The summed E-state index contributed by atoms with van der Waals surface area (Å²) in [7, 11) is 1.61. The fourth-order valence-electron chi connectivity index (χ4n) is 2.83. The highest BCUT2D eigenvalue weighted by atomic mass is 35.5. The summed E-state index contributed by atoms with van der Waals surface area (Å²) in [5.74, 6) is 1.66. The van der Waals surface area contributed by atoms with Crippen molar-refractivity contribution in [1.82, 2.24) is 15.5 Å². The summed E-state index contributed by atoms with van der Waals surface area (Å²) in [5.41, 5.74) is 6.71. The van der Waals surface area contributed by atoms with Crippen LogP contribution in [0.1, 0.15) is 49.5 Å². The van der Waals surface area contributed by atoms with Gasteiger partial charge in [-0.2, -0.15) is 4.98 Å². The zero-order chi connectivity index (χ0) is 17.2. The van der Waals surface area contributed by atoms with E-state index in [-0.39, 0.29) is 24.4 Å². The molecule has 1 saturated carbocycles. The van der Waals surface area contributed by atoms with Crippen LogP contribution < -0.4 is 15.8 Å². The van der Waals surface area contributed by atoms with Gasteiger partial charge in [0.15, 0.2) is 5.82 Å². The third-order valence-corrected chi connectivity index (χ3v) is 4.43. The number of nitrogens with zero attached hydrogens (tertiary/aromatic N) is 2. The smallest absolute Gasteiger partial charge is 0.229 e. The van der Waals surface area contributed by atoms with E-state index in [0.29, 0.717) is 18.1 Å². The zero-order valence-electron chi connectivity index (χ0n) is 14.3. The van der Waals surface area contributed by atoms with Crippen molar-refractivity contribution < 1.29 is 14.1 Å². The average Bonchev–Trinajstić information content (AvgIpc) is 3.00. The van der Waals surface area contributed by atoms with Gasteiger partial charge in [-0.3, -0.25) is 4.79 Å². The molecule has 1 aliphatic rings. The van der Waals surface area contributed by atoms with Crippen LogP contribution in [0.15, 0.2) is 28.8 Å². The van der Waals surface area contributed by atoms with Crippen LogP contribution in [0.2, 0.25) is 0 Å². The highest BCUT2D eigenvalue weighted by molar-refractivity contribution is 5.85. The number of carbonyl (C=O) groups excluding carboxylic acids is 1. The molecule has 0 bridgehead atoms. The molecule has 1 aromatic heterocycles. The van der Waals surface area contributed by atoms with Gasteiger partial charge in [0.1, 0.15) is 5.75 Å². The summed E-state index contributed by atoms with van der Waals surface area (Å²) >= 11 is 0. The molecule has 3 N–H and O–H groups in total. The van der Waals surface area contributed by atoms with Gasteiger partial charge in [0.25, 0.3) is 0 Å². The van der Waals surface area contributed by atoms with Gasteiger partial charge in [-0.25, -0.2) is 0 Å². The Morgan fingerprint density at radius 3 is 2.60 bits per heavy atom. The first-order chi connectivity index (χ1) is 11.5. The minimum atomic E-state index is -0.453. The Hall–Kier alpha value is -2.12. The van der Waals surface area contributed by atoms with E-state index in [0.717, 1.165) is 30.6 Å². The van der Waals surface area contributed by atoms with Crippen molar-refractivity contribution in [1.29, 1.82) is 0 Å². The van der Waals surface area contributed by atoms with E-state index in [9.17, 15) is 4.79 Å². The Bertz CT molecular complexity index is 713. The second-order valence-corrected chi connectivity index (χ2v) is 6.25. The van der Waals surface area contributed by atoms with Crippen molar-refractivity contribution in [3.63, 3.8) is 0 Å². The van der Waals surface area contributed by atoms with Gasteiger partial charge in [-0.05, 0) is 37.0 Å². The van der Waals surface area contributed by atoms with E-state index < -0.39 is 5.54 Å². The fraction of sp³-hybridized carbons (Fsp3) is 0.471. The predicted molar refractivity (Wildman–Crippen MR) is 94.5 cm³/mol. The molecule has 0 spiro atoms. The third-order valence-electron chi connectivity index (χ3n) is 4.43. The molecule has 1 heterocycles. The molecule has 0 saturated heterocycles. The number of hydrogen-bond acceptors (Lipinski definition) is 6. The van der Waals surface area contributed by atoms with Crippen LogP contribution in [0.3, 0.4) is 0 Å². The number of rotatable bonds is 6. The lowest BCUT2D eigenvalue weighted by Gasteiger charge is -2.34. The van der Waals surface area contributed by atoms with E-state index in [4.69, 9.17) is 15.0 Å². The van der Waals surface area contributed by atoms with Crippen LogP contribution in [-0.2, 0) is 16.8 Å². The first kappa shape index (κ1) is 19.2. The van der Waals surface area contributed by atoms with Crippen molar-refractivity contribution in [3.05, 3.63) is 41.5 Å². The van der Waals surface area contributed by atoms with E-state index in [2.05, 4.69) is 15.5 Å². The largest absolute Gasteiger partial charge is 0.497 e. The Morgan fingerprint density at radius 2 is 2.08 bits per heavy atom. The van der Waals surface area contributed by atoms with E-state index in [1.165, 1.54) is 6.92 Å². The number of carbonyl (C=O) groups is 1. The Morgan fingerprint density at radius 1 is 1.40 bits per heavy atom. The number of benzene rings is 1. The lowest BCUT2D eigenvalue weighted by Crippen LogP contribution is -2.44. The van der Waals surface area contributed by atoms with Crippen LogP contribution in [-0.4, -0.2) is 23.2 Å². The molecule has 25 heavy (non-hydrogen) atoms. The Balaban J connectivity index is 0.00000225. The molecule has 2 aromatic rings. The molecular weight excluding hydrogens is 344 g/mol. The molecule has 1 aliphatic carbocycles. The molecule has 0 aliphatic heterocycles. The van der Waals surface area contributed by atoms with Crippen molar-refractivity contribution >= 4 is 18.3 Å². The summed E-state index contributed by atoms with van der Waals surface area (Å²) in [5, 5.41) is 6.94. The summed E-state index contributed by atoms with van der Waals surface area (Å²) in [6, 6.07) is 7.27. The maximum absolute atomic E-state index is 11.5. The molecule has 1 aromatic carbocycles. The maximum Gasteiger partial charge on any atom is 0.229 e. The second-order valence-electron chi connectivity index (χ2n) is 6.25. The first-order valence-electron chi connectivity index (χ1n) is 8.03. The fourth-order valence-corrected chi connectivity index (χ4v) is 2.83. The molecule has 0 radical (unpaired) electrons. The quantitative estimate of drug-likeness (QED) is 0.812. The Labute approximate surface area is 152 Å². The molecule has 1 amide bonds. The van der Waals surface area contributed by atoms with Gasteiger partial charge in [0.2, 0.25) is 11.8 Å². The first-order valence-corrected chi connectivity index (χ1v) is 8.03. The molecule has 3 rings (SSSR count). The summed E-state index contributed by atoms with van der Waals surface area (Å²) in [6.45, 7) is 1.49. The van der Waals surface area contributed by atoms with E-state index >= 15 is 0 Å². The molecule has 1 atom stereocenters. The summed E-state index contributed by atoms with van der Waals surface area (Å²) < 4.78 is 10.5. The monoisotopic (exact) mass is 366 g/mol. The number of nitrogens with one attached hydrogen (secondary N) is 1. The van der Waals surface area contributed by atoms with E-state index in [1.807, 2.05) is 24.3 Å². The number of ether oxygens (including phenoxy) is 1. The predicted octanol–water partition coefficient (Wildman–Crippen LogP) is 2.26. The van der Waals surface area contributed by atoms with Crippen molar-refractivity contribution in [2.75, 3.05) is 7.11 Å². The minimum Gasteiger partial charge on any atom is -0.497 e. The number of methoxy groups -OCH3 is 1. The van der Waals surface area contributed by atoms with Gasteiger partial charge >= 0.3 is 0 Å². The van der Waals surface area contributed by atoms with Crippen LogP contribution in [0.25, 0.3) is 0 Å². The highest BCUT2D eigenvalue weighted by Crippen LogP contribution is 2.37. The topological polar surface area (TPSA) is 103 Å². The lowest BCUT2D eigenvalue weighted by atomic mass is 9.77. The van der Waals surface area contributed by atoms with Crippen LogP contribution >= 0.6 is 12.4 Å². The summed E-state index contributed by atoms with van der Waals surface area (Å²) in [4.78, 5) is 16.0. The molecule has 136 valence electrons. The minimum absolute atomic E-state index is 0. The highest BCUT2D eigenvalue weighted by Gasteiger charge is 2.39. The molecular formula is C17H23ClN4O3. The van der Waals surface area contributed by atoms with Crippen molar-refractivity contribution in [3.8, 4) is 5.75 Å². The molecule has 1 unspecified atom stereocenters. The number of halogens is 1. The van der Waals surface area contributed by atoms with Crippen LogP contribution in [0.4, 0.5) is 0 Å². The molecule has 1 fully saturated rings. The van der Waals surface area contributed by atoms with E-state index in [1.54, 1.807) is 7.11 Å².